The zero-order valence-electron chi connectivity index (χ0n) is 13.2. The normalized spacial score (nSPS) is 10.5. The van der Waals surface area contributed by atoms with Crippen LogP contribution in [0.1, 0.15) is 11.3 Å². The second kappa shape index (κ2) is 7.55. The van der Waals surface area contributed by atoms with Gasteiger partial charge in [0, 0.05) is 36.5 Å². The summed E-state index contributed by atoms with van der Waals surface area (Å²) in [6.45, 7) is 0. The molecule has 0 atom stereocenters. The summed E-state index contributed by atoms with van der Waals surface area (Å²) in [7, 11) is 0. The number of hydrogen-bond donors (Lipinski definition) is 2. The first kappa shape index (κ1) is 17.9. The number of pyridine rings is 1. The molecule has 0 saturated carbocycles. The average Bonchev–Trinajstić information content (AvgIpc) is 2.55. The summed E-state index contributed by atoms with van der Waals surface area (Å²) in [5.74, 6) is 0. The van der Waals surface area contributed by atoms with Gasteiger partial charge in [0.05, 0.1) is 5.69 Å². The number of nitrogens with one attached hydrogen (secondary N) is 1. The second-order valence-electron chi connectivity index (χ2n) is 5.35. The summed E-state index contributed by atoms with van der Waals surface area (Å²) >= 11 is 11.8. The Hall–Kier alpha value is -2.90. The lowest BCUT2D eigenvalue weighted by Crippen LogP contribution is -2.16. The molecule has 3 rings (SSSR count). The van der Waals surface area contributed by atoms with Gasteiger partial charge in [-0.2, -0.15) is 5.10 Å². The van der Waals surface area contributed by atoms with Gasteiger partial charge in [0.2, 0.25) is 5.43 Å². The maximum Gasteiger partial charge on any atom is 0.409 e. The molecule has 1 amide bonds. The van der Waals surface area contributed by atoms with Gasteiger partial charge >= 0.3 is 6.09 Å². The minimum absolute atomic E-state index is 0.210. The summed E-state index contributed by atoms with van der Waals surface area (Å²) < 4.78 is 1.48. The van der Waals surface area contributed by atoms with Crippen LogP contribution in [-0.2, 0) is 6.42 Å². The van der Waals surface area contributed by atoms with Gasteiger partial charge in [-0.15, -0.1) is 0 Å². The third-order valence-electron chi connectivity index (χ3n) is 3.44. The molecule has 0 radical (unpaired) electrons. The minimum atomic E-state index is -1.16. The van der Waals surface area contributed by atoms with E-state index in [4.69, 9.17) is 28.3 Å². The second-order valence-corrected chi connectivity index (χ2v) is 6.12. The third-order valence-corrected chi connectivity index (χ3v) is 3.83. The Bertz CT molecular complexity index is 1020. The quantitative estimate of drug-likeness (QED) is 0.663. The molecule has 0 spiro atoms. The van der Waals surface area contributed by atoms with Crippen LogP contribution in [0.5, 0.6) is 0 Å². The van der Waals surface area contributed by atoms with Crippen LogP contribution >= 0.6 is 23.2 Å². The highest BCUT2D eigenvalue weighted by Crippen LogP contribution is 2.18. The van der Waals surface area contributed by atoms with Crippen molar-refractivity contribution in [3.63, 3.8) is 0 Å². The number of hydrogen-bond acceptors (Lipinski definition) is 4. The fourth-order valence-corrected chi connectivity index (χ4v) is 2.82. The van der Waals surface area contributed by atoms with Crippen molar-refractivity contribution in [2.45, 2.75) is 6.42 Å². The Morgan fingerprint density at radius 3 is 2.58 bits per heavy atom. The van der Waals surface area contributed by atoms with Crippen molar-refractivity contribution >= 4 is 35.0 Å². The predicted octanol–water partition coefficient (Wildman–Crippen LogP) is 3.62. The lowest BCUT2D eigenvalue weighted by molar-refractivity contribution is 0.210. The summed E-state index contributed by atoms with van der Waals surface area (Å²) in [6.07, 6.45) is 0.589. The van der Waals surface area contributed by atoms with E-state index in [2.05, 4.69) is 15.4 Å². The highest BCUT2D eigenvalue weighted by atomic mass is 35.5. The number of aromatic nitrogens is 3. The molecular formula is C17H12Cl2N4O3. The van der Waals surface area contributed by atoms with Crippen LogP contribution in [-0.4, -0.2) is 26.0 Å². The zero-order chi connectivity index (χ0) is 18.7. The molecule has 7 nitrogen and oxygen atoms in total. The lowest BCUT2D eigenvalue weighted by Gasteiger charge is -2.09. The van der Waals surface area contributed by atoms with E-state index >= 15 is 0 Å². The van der Waals surface area contributed by atoms with Crippen LogP contribution in [0.3, 0.4) is 0 Å². The number of anilines is 1. The van der Waals surface area contributed by atoms with Crippen LogP contribution in [0.15, 0.2) is 53.5 Å². The maximum absolute atomic E-state index is 12.2. The SMILES string of the molecule is O=C(O)Nc1cccc(Cc2nn(-c3cc(Cl)nc(Cl)c3)ccc2=O)c1. The van der Waals surface area contributed by atoms with E-state index < -0.39 is 6.09 Å². The van der Waals surface area contributed by atoms with Crippen LogP contribution in [0.4, 0.5) is 10.5 Å². The summed E-state index contributed by atoms with van der Waals surface area (Å²) in [5.41, 5.74) is 1.79. The first-order chi connectivity index (χ1) is 12.4. The standard InChI is InChI=1S/C17H12Cl2N4O3/c18-15-8-12(9-16(19)21-15)23-5-4-14(24)13(22-23)7-10-2-1-3-11(6-10)20-17(25)26/h1-6,8-9,20H,7H2,(H,25,26). The first-order valence-corrected chi connectivity index (χ1v) is 8.17. The summed E-state index contributed by atoms with van der Waals surface area (Å²) in [4.78, 5) is 26.8. The van der Waals surface area contributed by atoms with Crippen molar-refractivity contribution in [2.24, 2.45) is 0 Å². The molecule has 3 aromatic rings. The van der Waals surface area contributed by atoms with Gasteiger partial charge in [-0.25, -0.2) is 14.5 Å². The zero-order valence-corrected chi connectivity index (χ0v) is 14.7. The highest BCUT2D eigenvalue weighted by molar-refractivity contribution is 6.32. The number of carbonyl (C=O) groups is 1. The molecule has 0 aliphatic carbocycles. The van der Waals surface area contributed by atoms with Gasteiger partial charge < -0.3 is 5.11 Å². The van der Waals surface area contributed by atoms with Crippen molar-refractivity contribution in [3.8, 4) is 5.69 Å². The van der Waals surface area contributed by atoms with E-state index in [1.807, 2.05) is 0 Å². The van der Waals surface area contributed by atoms with Crippen molar-refractivity contribution in [3.05, 3.63) is 80.4 Å². The van der Waals surface area contributed by atoms with Crippen LogP contribution in [0.25, 0.3) is 5.69 Å². The first-order valence-electron chi connectivity index (χ1n) is 7.42. The molecule has 0 saturated heterocycles. The van der Waals surface area contributed by atoms with Gasteiger partial charge in [0.1, 0.15) is 16.0 Å². The molecule has 2 N–H and O–H groups in total. The predicted molar refractivity (Wildman–Crippen MR) is 98.5 cm³/mol. The smallest absolute Gasteiger partial charge is 0.409 e. The molecule has 132 valence electrons. The van der Waals surface area contributed by atoms with Gasteiger partial charge in [-0.1, -0.05) is 35.3 Å². The maximum atomic E-state index is 12.2. The highest BCUT2D eigenvalue weighted by Gasteiger charge is 2.08. The van der Waals surface area contributed by atoms with Crippen molar-refractivity contribution < 1.29 is 9.90 Å². The van der Waals surface area contributed by atoms with E-state index in [1.54, 1.807) is 36.4 Å². The van der Waals surface area contributed by atoms with Gasteiger partial charge in [0.15, 0.2) is 0 Å². The molecule has 0 fully saturated rings. The summed E-state index contributed by atoms with van der Waals surface area (Å²) in [5, 5.41) is 15.8. The summed E-state index contributed by atoms with van der Waals surface area (Å²) in [6, 6.07) is 11.3. The number of benzene rings is 1. The van der Waals surface area contributed by atoms with Gasteiger partial charge in [-0.3, -0.25) is 10.1 Å². The Morgan fingerprint density at radius 2 is 1.88 bits per heavy atom. The van der Waals surface area contributed by atoms with Crippen molar-refractivity contribution in [1.29, 1.82) is 0 Å². The van der Waals surface area contributed by atoms with Crippen molar-refractivity contribution in [2.75, 3.05) is 5.32 Å². The fraction of sp³-hybridized carbons (Fsp3) is 0.0588. The average molecular weight is 391 g/mol. The fourth-order valence-electron chi connectivity index (χ4n) is 2.37. The third kappa shape index (κ3) is 4.38. The molecule has 2 aromatic heterocycles. The molecule has 0 aliphatic heterocycles. The topological polar surface area (TPSA) is 97.1 Å². The number of rotatable bonds is 4. The number of amides is 1. The van der Waals surface area contributed by atoms with E-state index in [0.29, 0.717) is 17.1 Å². The monoisotopic (exact) mass is 390 g/mol. The molecule has 0 aliphatic rings. The van der Waals surface area contributed by atoms with Gasteiger partial charge in [0.25, 0.3) is 0 Å². The van der Waals surface area contributed by atoms with Crippen molar-refractivity contribution in [1.82, 2.24) is 14.8 Å². The molecule has 0 unspecified atom stereocenters. The van der Waals surface area contributed by atoms with Crippen LogP contribution < -0.4 is 10.7 Å². The molecule has 0 bridgehead atoms. The van der Waals surface area contributed by atoms with E-state index in [-0.39, 0.29) is 22.2 Å². The lowest BCUT2D eigenvalue weighted by atomic mass is 10.1. The molecule has 26 heavy (non-hydrogen) atoms. The molecule has 9 heteroatoms. The van der Waals surface area contributed by atoms with Crippen LogP contribution in [0.2, 0.25) is 10.3 Å². The van der Waals surface area contributed by atoms with E-state index in [0.717, 1.165) is 5.56 Å². The van der Waals surface area contributed by atoms with Crippen LogP contribution in [0, 0.1) is 0 Å². The number of nitrogens with zero attached hydrogens (tertiary/aromatic N) is 3. The number of halogens is 2. The van der Waals surface area contributed by atoms with E-state index in [1.165, 1.54) is 16.9 Å². The van der Waals surface area contributed by atoms with E-state index in [9.17, 15) is 9.59 Å². The Labute approximate surface area is 157 Å². The molecular weight excluding hydrogens is 379 g/mol. The number of carboxylic acid groups (broad SMARTS) is 1. The Kier molecular flexibility index (Phi) is 5.20. The Balaban J connectivity index is 1.94. The largest absolute Gasteiger partial charge is 0.465 e. The minimum Gasteiger partial charge on any atom is -0.465 e. The Morgan fingerprint density at radius 1 is 1.15 bits per heavy atom. The molecule has 2 heterocycles. The molecule has 1 aromatic carbocycles. The van der Waals surface area contributed by atoms with Gasteiger partial charge in [-0.05, 0) is 17.7 Å².